The van der Waals surface area contributed by atoms with E-state index in [-0.39, 0.29) is 12.6 Å². The normalized spacial score (nSPS) is 14.1. The first-order chi connectivity index (χ1) is 14.9. The molecule has 2 aromatic rings. The highest BCUT2D eigenvalue weighted by atomic mass is 16.7. The first-order valence-electron chi connectivity index (χ1n) is 10.1. The summed E-state index contributed by atoms with van der Waals surface area (Å²) in [5, 5.41) is 0. The summed E-state index contributed by atoms with van der Waals surface area (Å²) in [6.07, 6.45) is 7.14. The van der Waals surface area contributed by atoms with Gasteiger partial charge in [-0.25, -0.2) is 0 Å². The number of ketones is 1. The van der Waals surface area contributed by atoms with E-state index in [1.54, 1.807) is 38.5 Å². The van der Waals surface area contributed by atoms with Gasteiger partial charge in [0.25, 0.3) is 0 Å². The smallest absolute Gasteiger partial charge is 0.189 e. The zero-order chi connectivity index (χ0) is 22.4. The van der Waals surface area contributed by atoms with Crippen LogP contribution in [0.5, 0.6) is 23.0 Å². The van der Waals surface area contributed by atoms with Gasteiger partial charge in [-0.2, -0.15) is 0 Å². The lowest BCUT2D eigenvalue weighted by atomic mass is 9.97. The average molecular weight is 424 g/mol. The third-order valence-electron chi connectivity index (χ3n) is 4.68. The van der Waals surface area contributed by atoms with Gasteiger partial charge in [0.2, 0.25) is 0 Å². The molecule has 6 heteroatoms. The molecule has 0 saturated heterocycles. The van der Waals surface area contributed by atoms with Gasteiger partial charge in [-0.1, -0.05) is 12.1 Å². The predicted molar refractivity (Wildman–Crippen MR) is 120 cm³/mol. The summed E-state index contributed by atoms with van der Waals surface area (Å²) >= 11 is 0. The molecular formula is C25H28O6. The van der Waals surface area contributed by atoms with E-state index in [9.17, 15) is 4.79 Å². The Kier molecular flexibility index (Phi) is 7.02. The van der Waals surface area contributed by atoms with Crippen LogP contribution in [0.15, 0.2) is 42.5 Å². The van der Waals surface area contributed by atoms with Crippen molar-refractivity contribution in [1.82, 2.24) is 0 Å². The number of methoxy groups -OCH3 is 2. The molecule has 0 unspecified atom stereocenters. The molecule has 0 bridgehead atoms. The van der Waals surface area contributed by atoms with E-state index in [1.807, 2.05) is 45.1 Å². The van der Waals surface area contributed by atoms with Crippen LogP contribution in [0, 0.1) is 0 Å². The number of allylic oxidation sites excluding steroid dienone is 1. The second kappa shape index (κ2) is 9.71. The first-order valence-corrected chi connectivity index (χ1v) is 10.1. The molecule has 2 aromatic carbocycles. The maximum Gasteiger partial charge on any atom is 0.189 e. The van der Waals surface area contributed by atoms with Gasteiger partial charge < -0.3 is 23.7 Å². The van der Waals surface area contributed by atoms with Crippen LogP contribution in [0.1, 0.15) is 42.3 Å². The fourth-order valence-corrected chi connectivity index (χ4v) is 3.20. The van der Waals surface area contributed by atoms with Gasteiger partial charge in [-0.15, -0.1) is 0 Å². The van der Waals surface area contributed by atoms with Crippen molar-refractivity contribution in [3.63, 3.8) is 0 Å². The number of hydrogen-bond acceptors (Lipinski definition) is 6. The van der Waals surface area contributed by atoms with Crippen LogP contribution in [-0.2, 0) is 4.74 Å². The minimum absolute atomic E-state index is 0.102. The lowest BCUT2D eigenvalue weighted by Gasteiger charge is -2.29. The SMILES string of the molecule is CCOc1ccc(/C=C/C(=O)c2ccc(OC)c3c2OC(C)(C)C=C3)cc1OCOC. The van der Waals surface area contributed by atoms with Crippen LogP contribution in [0.25, 0.3) is 12.2 Å². The molecule has 31 heavy (non-hydrogen) atoms. The molecule has 0 N–H and O–H groups in total. The fraction of sp³-hybridized carbons (Fsp3) is 0.320. The zero-order valence-corrected chi connectivity index (χ0v) is 18.6. The largest absolute Gasteiger partial charge is 0.496 e. The van der Waals surface area contributed by atoms with Gasteiger partial charge in [0, 0.05) is 7.11 Å². The Bertz CT molecular complexity index is 1000. The second-order valence-corrected chi connectivity index (χ2v) is 7.48. The molecule has 0 fully saturated rings. The number of benzene rings is 2. The van der Waals surface area contributed by atoms with E-state index >= 15 is 0 Å². The quantitative estimate of drug-likeness (QED) is 0.315. The van der Waals surface area contributed by atoms with Crippen LogP contribution in [-0.4, -0.2) is 39.0 Å². The maximum absolute atomic E-state index is 13.0. The van der Waals surface area contributed by atoms with Crippen molar-refractivity contribution < 1.29 is 28.5 Å². The standard InChI is InChI=1S/C25H28O6/c1-6-29-22-11-8-17(15-23(22)30-16-27-4)7-10-20(26)18-9-12-21(28-5)19-13-14-25(2,3)31-24(18)19/h7-15H,6,16H2,1-5H3/b10-7+. The van der Waals surface area contributed by atoms with Crippen LogP contribution >= 0.6 is 0 Å². The van der Waals surface area contributed by atoms with Crippen molar-refractivity contribution in [3.05, 3.63) is 59.2 Å². The van der Waals surface area contributed by atoms with Crippen molar-refractivity contribution in [2.75, 3.05) is 27.6 Å². The monoisotopic (exact) mass is 424 g/mol. The summed E-state index contributed by atoms with van der Waals surface area (Å²) < 4.78 is 27.7. The molecule has 164 valence electrons. The highest BCUT2D eigenvalue weighted by Gasteiger charge is 2.27. The zero-order valence-electron chi connectivity index (χ0n) is 18.6. The lowest BCUT2D eigenvalue weighted by Crippen LogP contribution is -2.28. The van der Waals surface area contributed by atoms with Gasteiger partial charge in [-0.3, -0.25) is 4.79 Å². The predicted octanol–water partition coefficient (Wildman–Crippen LogP) is 5.16. The van der Waals surface area contributed by atoms with Crippen molar-refractivity contribution in [2.24, 2.45) is 0 Å². The summed E-state index contributed by atoms with van der Waals surface area (Å²) in [6, 6.07) is 8.98. The van der Waals surface area contributed by atoms with Crippen molar-refractivity contribution in [3.8, 4) is 23.0 Å². The van der Waals surface area contributed by atoms with Gasteiger partial charge in [0.15, 0.2) is 24.1 Å². The summed E-state index contributed by atoms with van der Waals surface area (Å²) in [6.45, 7) is 6.41. The van der Waals surface area contributed by atoms with Gasteiger partial charge in [0.05, 0.1) is 24.8 Å². The summed E-state index contributed by atoms with van der Waals surface area (Å²) in [4.78, 5) is 13.0. The van der Waals surface area contributed by atoms with E-state index < -0.39 is 5.60 Å². The van der Waals surface area contributed by atoms with Crippen LogP contribution in [0.4, 0.5) is 0 Å². The number of hydrogen-bond donors (Lipinski definition) is 0. The molecule has 0 radical (unpaired) electrons. The molecule has 0 atom stereocenters. The van der Waals surface area contributed by atoms with E-state index in [0.29, 0.717) is 35.2 Å². The molecule has 1 aliphatic heterocycles. The maximum atomic E-state index is 13.0. The van der Waals surface area contributed by atoms with Crippen LogP contribution < -0.4 is 18.9 Å². The van der Waals surface area contributed by atoms with Crippen molar-refractivity contribution >= 4 is 17.9 Å². The highest BCUT2D eigenvalue weighted by molar-refractivity contribution is 6.09. The molecule has 3 rings (SSSR count). The first kappa shape index (κ1) is 22.4. The molecule has 1 aliphatic rings. The Hall–Kier alpha value is -3.25. The van der Waals surface area contributed by atoms with Crippen LogP contribution in [0.2, 0.25) is 0 Å². The Morgan fingerprint density at radius 2 is 1.84 bits per heavy atom. The third kappa shape index (κ3) is 5.27. The van der Waals surface area contributed by atoms with Gasteiger partial charge >= 0.3 is 0 Å². The number of fused-ring (bicyclic) bond motifs is 1. The van der Waals surface area contributed by atoms with E-state index in [1.165, 1.54) is 6.08 Å². The second-order valence-electron chi connectivity index (χ2n) is 7.48. The Morgan fingerprint density at radius 1 is 1.06 bits per heavy atom. The van der Waals surface area contributed by atoms with Crippen molar-refractivity contribution in [2.45, 2.75) is 26.4 Å². The number of carbonyl (C=O) groups excluding carboxylic acids is 1. The Balaban J connectivity index is 1.89. The molecule has 1 heterocycles. The Labute approximate surface area is 183 Å². The summed E-state index contributed by atoms with van der Waals surface area (Å²) in [5.74, 6) is 2.19. The third-order valence-corrected chi connectivity index (χ3v) is 4.68. The Morgan fingerprint density at radius 3 is 2.55 bits per heavy atom. The lowest BCUT2D eigenvalue weighted by molar-refractivity contribution is 0.0487. The van der Waals surface area contributed by atoms with E-state index in [4.69, 9.17) is 23.7 Å². The van der Waals surface area contributed by atoms with Crippen molar-refractivity contribution in [1.29, 1.82) is 0 Å². The molecular weight excluding hydrogens is 396 g/mol. The van der Waals surface area contributed by atoms with Gasteiger partial charge in [-0.05, 0) is 68.8 Å². The summed E-state index contributed by atoms with van der Waals surface area (Å²) in [5.41, 5.74) is 1.52. The van der Waals surface area contributed by atoms with Crippen LogP contribution in [0.3, 0.4) is 0 Å². The topological polar surface area (TPSA) is 63.2 Å². The minimum atomic E-state index is -0.513. The van der Waals surface area contributed by atoms with Gasteiger partial charge in [0.1, 0.15) is 17.1 Å². The number of carbonyl (C=O) groups is 1. The average Bonchev–Trinajstić information content (AvgIpc) is 2.75. The fourth-order valence-electron chi connectivity index (χ4n) is 3.20. The number of rotatable bonds is 9. The molecule has 0 spiro atoms. The molecule has 0 amide bonds. The highest BCUT2D eigenvalue weighted by Crippen LogP contribution is 2.40. The summed E-state index contributed by atoms with van der Waals surface area (Å²) in [7, 11) is 3.15. The van der Waals surface area contributed by atoms with E-state index in [2.05, 4.69) is 0 Å². The minimum Gasteiger partial charge on any atom is -0.496 e. The molecule has 0 aliphatic carbocycles. The molecule has 0 aromatic heterocycles. The number of ether oxygens (including phenoxy) is 5. The van der Waals surface area contributed by atoms with E-state index in [0.717, 1.165) is 11.1 Å². The molecule has 0 saturated carbocycles. The molecule has 6 nitrogen and oxygen atoms in total.